The first kappa shape index (κ1) is 19.7. The first-order valence-corrected chi connectivity index (χ1v) is 7.49. The lowest BCUT2D eigenvalue weighted by Crippen LogP contribution is -2.31. The van der Waals surface area contributed by atoms with Crippen LogP contribution in [0, 0.1) is 0 Å². The topological polar surface area (TPSA) is 72.5 Å². The van der Waals surface area contributed by atoms with Gasteiger partial charge in [0.2, 0.25) is 11.8 Å². The van der Waals surface area contributed by atoms with Crippen LogP contribution in [0.2, 0.25) is 0 Å². The van der Waals surface area contributed by atoms with Crippen molar-refractivity contribution in [1.82, 2.24) is 15.6 Å². The second-order valence-electron chi connectivity index (χ2n) is 4.79. The van der Waals surface area contributed by atoms with Crippen LogP contribution in [0.4, 0.5) is 0 Å². The standard InChI is InChI=1S/C17H21N3O3.ClH/c1-3-22-14-6-4-5-7-15(14)23-17-9-8-13(11-20-17)10-19-16(21)12-18-2;/h4-9,11,18H,3,10,12H2,1-2H3,(H,19,21);1H. The maximum Gasteiger partial charge on any atom is 0.234 e. The van der Waals surface area contributed by atoms with E-state index >= 15 is 0 Å². The number of ether oxygens (including phenoxy) is 2. The fourth-order valence-corrected chi connectivity index (χ4v) is 1.92. The van der Waals surface area contributed by atoms with E-state index in [0.717, 1.165) is 5.56 Å². The Bertz CT molecular complexity index is 635. The van der Waals surface area contributed by atoms with Gasteiger partial charge in [-0.05, 0) is 31.7 Å². The van der Waals surface area contributed by atoms with Gasteiger partial charge in [-0.15, -0.1) is 12.4 Å². The smallest absolute Gasteiger partial charge is 0.234 e. The summed E-state index contributed by atoms with van der Waals surface area (Å²) in [7, 11) is 1.73. The molecule has 0 unspecified atom stereocenters. The van der Waals surface area contributed by atoms with Crippen molar-refractivity contribution in [1.29, 1.82) is 0 Å². The molecule has 7 heteroatoms. The number of nitrogens with one attached hydrogen (secondary N) is 2. The number of pyridine rings is 1. The molecule has 24 heavy (non-hydrogen) atoms. The van der Waals surface area contributed by atoms with E-state index in [4.69, 9.17) is 9.47 Å². The number of carbonyl (C=O) groups is 1. The van der Waals surface area contributed by atoms with E-state index in [9.17, 15) is 4.79 Å². The van der Waals surface area contributed by atoms with Crippen LogP contribution in [0.1, 0.15) is 12.5 Å². The first-order chi connectivity index (χ1) is 11.2. The van der Waals surface area contributed by atoms with Gasteiger partial charge in [-0.25, -0.2) is 4.98 Å². The third kappa shape index (κ3) is 6.06. The molecule has 1 aromatic heterocycles. The zero-order valence-corrected chi connectivity index (χ0v) is 14.6. The van der Waals surface area contributed by atoms with Crippen LogP contribution in [-0.4, -0.2) is 31.1 Å². The van der Waals surface area contributed by atoms with Gasteiger partial charge in [-0.2, -0.15) is 0 Å². The molecule has 0 radical (unpaired) electrons. The molecule has 1 amide bonds. The highest BCUT2D eigenvalue weighted by Gasteiger charge is 2.06. The second kappa shape index (κ2) is 10.5. The minimum absolute atomic E-state index is 0. The van der Waals surface area contributed by atoms with E-state index < -0.39 is 0 Å². The van der Waals surface area contributed by atoms with E-state index in [1.165, 1.54) is 0 Å². The molecule has 0 aliphatic rings. The highest BCUT2D eigenvalue weighted by molar-refractivity contribution is 5.85. The summed E-state index contributed by atoms with van der Waals surface area (Å²) < 4.78 is 11.3. The fraction of sp³-hybridized carbons (Fsp3) is 0.294. The van der Waals surface area contributed by atoms with Crippen molar-refractivity contribution in [2.24, 2.45) is 0 Å². The number of nitrogens with zero attached hydrogens (tertiary/aromatic N) is 1. The lowest BCUT2D eigenvalue weighted by molar-refractivity contribution is -0.120. The minimum Gasteiger partial charge on any atom is -0.490 e. The molecule has 0 aliphatic carbocycles. The fourth-order valence-electron chi connectivity index (χ4n) is 1.92. The van der Waals surface area contributed by atoms with E-state index in [0.29, 0.717) is 37.1 Å². The van der Waals surface area contributed by atoms with Crippen LogP contribution < -0.4 is 20.1 Å². The van der Waals surface area contributed by atoms with E-state index in [-0.39, 0.29) is 18.3 Å². The number of para-hydroxylation sites is 2. The SMILES string of the molecule is CCOc1ccccc1Oc1ccc(CNC(=O)CNC)cn1.Cl. The number of benzene rings is 1. The van der Waals surface area contributed by atoms with Crippen LogP contribution in [-0.2, 0) is 11.3 Å². The van der Waals surface area contributed by atoms with Gasteiger partial charge in [0.15, 0.2) is 11.5 Å². The predicted octanol–water partition coefficient (Wildman–Crippen LogP) is 2.53. The molecule has 1 heterocycles. The monoisotopic (exact) mass is 351 g/mol. The van der Waals surface area contributed by atoms with Gasteiger partial charge < -0.3 is 20.1 Å². The van der Waals surface area contributed by atoms with Gasteiger partial charge in [0, 0.05) is 18.8 Å². The molecule has 2 aromatic rings. The van der Waals surface area contributed by atoms with E-state index in [2.05, 4.69) is 15.6 Å². The van der Waals surface area contributed by atoms with Crippen molar-refractivity contribution in [3.63, 3.8) is 0 Å². The van der Waals surface area contributed by atoms with Crippen LogP contribution in [0.15, 0.2) is 42.6 Å². The number of rotatable bonds is 8. The Morgan fingerprint density at radius 3 is 2.54 bits per heavy atom. The molecule has 0 aliphatic heterocycles. The average molecular weight is 352 g/mol. The van der Waals surface area contributed by atoms with Gasteiger partial charge in [0.05, 0.1) is 13.2 Å². The molecule has 1 aromatic carbocycles. The number of hydrogen-bond donors (Lipinski definition) is 2. The first-order valence-electron chi connectivity index (χ1n) is 7.49. The zero-order chi connectivity index (χ0) is 16.5. The van der Waals surface area contributed by atoms with Crippen molar-refractivity contribution < 1.29 is 14.3 Å². The molecule has 0 fully saturated rings. The Morgan fingerprint density at radius 1 is 1.17 bits per heavy atom. The van der Waals surface area contributed by atoms with Crippen LogP contribution in [0.3, 0.4) is 0 Å². The van der Waals surface area contributed by atoms with Gasteiger partial charge >= 0.3 is 0 Å². The minimum atomic E-state index is -0.0570. The summed E-state index contributed by atoms with van der Waals surface area (Å²) in [5.41, 5.74) is 0.903. The Balaban J connectivity index is 0.00000288. The third-order valence-corrected chi connectivity index (χ3v) is 2.99. The van der Waals surface area contributed by atoms with Gasteiger partial charge in [-0.1, -0.05) is 18.2 Å². The van der Waals surface area contributed by atoms with E-state index in [1.807, 2.05) is 37.3 Å². The molecule has 0 atom stereocenters. The van der Waals surface area contributed by atoms with Crippen molar-refractivity contribution in [3.05, 3.63) is 48.2 Å². The molecule has 2 rings (SSSR count). The maximum atomic E-state index is 11.4. The van der Waals surface area contributed by atoms with E-state index in [1.54, 1.807) is 19.3 Å². The van der Waals surface area contributed by atoms with Crippen LogP contribution in [0.25, 0.3) is 0 Å². The predicted molar refractivity (Wildman–Crippen MR) is 94.9 cm³/mol. The van der Waals surface area contributed by atoms with Crippen molar-refractivity contribution >= 4 is 18.3 Å². The average Bonchev–Trinajstić information content (AvgIpc) is 2.56. The summed E-state index contributed by atoms with van der Waals surface area (Å²) in [4.78, 5) is 15.6. The van der Waals surface area contributed by atoms with Gasteiger partial charge in [0.25, 0.3) is 0 Å². The summed E-state index contributed by atoms with van der Waals surface area (Å²) in [5.74, 6) is 1.72. The normalized spacial score (nSPS) is 9.75. The second-order valence-corrected chi connectivity index (χ2v) is 4.79. The molecular formula is C17H22ClN3O3. The number of aromatic nitrogens is 1. The third-order valence-electron chi connectivity index (χ3n) is 2.99. The highest BCUT2D eigenvalue weighted by Crippen LogP contribution is 2.30. The summed E-state index contributed by atoms with van der Waals surface area (Å²) >= 11 is 0. The lowest BCUT2D eigenvalue weighted by atomic mass is 10.3. The Labute approximate surface area is 148 Å². The van der Waals surface area contributed by atoms with Crippen molar-refractivity contribution in [2.45, 2.75) is 13.5 Å². The highest BCUT2D eigenvalue weighted by atomic mass is 35.5. The molecule has 0 spiro atoms. The molecule has 0 saturated heterocycles. The number of likely N-dealkylation sites (N-methyl/N-ethyl adjacent to an activating group) is 1. The summed E-state index contributed by atoms with van der Waals surface area (Å²) in [6.07, 6.45) is 1.68. The maximum absolute atomic E-state index is 11.4. The van der Waals surface area contributed by atoms with Gasteiger partial charge in [0.1, 0.15) is 0 Å². The number of carbonyl (C=O) groups excluding carboxylic acids is 1. The molecule has 6 nitrogen and oxygen atoms in total. The Morgan fingerprint density at radius 2 is 1.92 bits per heavy atom. The summed E-state index contributed by atoms with van der Waals surface area (Å²) in [5, 5.41) is 5.59. The van der Waals surface area contributed by atoms with Crippen LogP contribution >= 0.6 is 12.4 Å². The number of amides is 1. The quantitative estimate of drug-likeness (QED) is 0.764. The van der Waals surface area contributed by atoms with Crippen molar-refractivity contribution in [2.75, 3.05) is 20.2 Å². The zero-order valence-electron chi connectivity index (χ0n) is 13.7. The van der Waals surface area contributed by atoms with Crippen molar-refractivity contribution in [3.8, 4) is 17.4 Å². The number of halogens is 1. The molecule has 130 valence electrons. The lowest BCUT2D eigenvalue weighted by Gasteiger charge is -2.11. The summed E-state index contributed by atoms with van der Waals surface area (Å²) in [6.45, 7) is 3.22. The number of hydrogen-bond acceptors (Lipinski definition) is 5. The Hall–Kier alpha value is -2.31. The molecular weight excluding hydrogens is 330 g/mol. The van der Waals surface area contributed by atoms with Gasteiger partial charge in [-0.3, -0.25) is 4.79 Å². The Kier molecular flexibility index (Phi) is 8.60. The molecule has 0 saturated carbocycles. The largest absolute Gasteiger partial charge is 0.490 e. The molecule has 2 N–H and O–H groups in total. The molecule has 0 bridgehead atoms. The summed E-state index contributed by atoms with van der Waals surface area (Å²) in [6, 6.07) is 11.1. The van der Waals surface area contributed by atoms with Crippen LogP contribution in [0.5, 0.6) is 17.4 Å².